The Kier molecular flexibility index (Phi) is 10.1. The Morgan fingerprint density at radius 3 is 2.00 bits per heavy atom. The van der Waals surface area contributed by atoms with Crippen LogP contribution >= 0.6 is 0 Å². The number of carbonyl (C=O) groups excluding carboxylic acids is 3. The van der Waals surface area contributed by atoms with Crippen LogP contribution in [0.15, 0.2) is 91.0 Å². The lowest BCUT2D eigenvalue weighted by Crippen LogP contribution is -2.54. The van der Waals surface area contributed by atoms with Gasteiger partial charge in [0.15, 0.2) is 12.4 Å². The molecule has 0 amide bonds. The van der Waals surface area contributed by atoms with Crippen molar-refractivity contribution in [3.63, 3.8) is 0 Å². The monoisotopic (exact) mass is 599 g/mol. The summed E-state index contributed by atoms with van der Waals surface area (Å²) in [5.74, 6) is -2.83. The van der Waals surface area contributed by atoms with Crippen LogP contribution < -0.4 is 5.32 Å². The van der Waals surface area contributed by atoms with Crippen LogP contribution in [0.3, 0.4) is 0 Å². The number of carbonyl (C=O) groups is 4. The van der Waals surface area contributed by atoms with Gasteiger partial charge in [-0.1, -0.05) is 78.9 Å². The normalized spacial score (nSPS) is 14.7. The number of fused-ring (bicyclic) bond motifs is 3. The first-order valence-corrected chi connectivity index (χ1v) is 14.4. The van der Waals surface area contributed by atoms with Gasteiger partial charge in [-0.25, -0.2) is 4.79 Å². The second-order valence-corrected chi connectivity index (χ2v) is 11.5. The number of Topliss-reactive ketones (excluding diaryl/α,β-unsaturated/α-hetero) is 1. The Morgan fingerprint density at radius 1 is 0.864 bits per heavy atom. The molecular weight excluding hydrogens is 562 g/mol. The van der Waals surface area contributed by atoms with E-state index in [1.54, 1.807) is 61.5 Å². The summed E-state index contributed by atoms with van der Waals surface area (Å²) in [4.78, 5) is 50.6. The summed E-state index contributed by atoms with van der Waals surface area (Å²) in [7, 11) is 0. The van der Waals surface area contributed by atoms with Gasteiger partial charge in [0.1, 0.15) is 18.1 Å². The predicted octanol–water partition coefficient (Wildman–Crippen LogP) is 4.73. The minimum atomic E-state index is -1.45. The zero-order chi connectivity index (χ0) is 31.9. The summed E-state index contributed by atoms with van der Waals surface area (Å²) in [6.45, 7) is 6.49. The molecule has 3 aromatic rings. The zero-order valence-corrected chi connectivity index (χ0v) is 25.2. The number of ether oxygens (including phenoxy) is 3. The molecule has 9 nitrogen and oxygen atoms in total. The van der Waals surface area contributed by atoms with Gasteiger partial charge in [-0.15, -0.1) is 0 Å². The Bertz CT molecular complexity index is 1490. The first-order valence-electron chi connectivity index (χ1n) is 14.4. The molecule has 44 heavy (non-hydrogen) atoms. The fourth-order valence-corrected chi connectivity index (χ4v) is 5.41. The number of rotatable bonds is 13. The number of nitrogens with one attached hydrogen (secondary N) is 1. The molecule has 230 valence electrons. The van der Waals surface area contributed by atoms with Crippen molar-refractivity contribution in [2.24, 2.45) is 0 Å². The van der Waals surface area contributed by atoms with Gasteiger partial charge in [-0.2, -0.15) is 0 Å². The number of hydrogen-bond acceptors (Lipinski definition) is 8. The molecule has 0 spiro atoms. The second-order valence-electron chi connectivity index (χ2n) is 11.5. The van der Waals surface area contributed by atoms with Crippen molar-refractivity contribution in [1.82, 2.24) is 5.32 Å². The molecule has 0 bridgehead atoms. The molecule has 0 unspecified atom stereocenters. The number of benzene rings is 3. The number of carboxylic acids is 1. The van der Waals surface area contributed by atoms with E-state index < -0.39 is 47.7 Å². The average molecular weight is 600 g/mol. The SMILES string of the molecule is C[C@@H](OC(C)(C)C)[C@H](NCC1(C(=O)O)c2ccccc2-c2ccccc21)C(=O)OC/C=C/C(=O)OCC(=O)c1ccccc1. The number of esters is 2. The van der Waals surface area contributed by atoms with Crippen molar-refractivity contribution in [3.05, 3.63) is 108 Å². The molecule has 9 heteroatoms. The molecule has 0 saturated heterocycles. The number of ketones is 1. The summed E-state index contributed by atoms with van der Waals surface area (Å²) in [5.41, 5.74) is 1.29. The summed E-state index contributed by atoms with van der Waals surface area (Å²) in [5, 5.41) is 13.8. The van der Waals surface area contributed by atoms with Crippen molar-refractivity contribution < 1.29 is 38.5 Å². The van der Waals surface area contributed by atoms with Gasteiger partial charge in [-0.3, -0.25) is 14.4 Å². The maximum atomic E-state index is 13.4. The second kappa shape index (κ2) is 13.8. The highest BCUT2D eigenvalue weighted by atomic mass is 16.5. The third kappa shape index (κ3) is 7.30. The van der Waals surface area contributed by atoms with E-state index in [9.17, 15) is 24.3 Å². The lowest BCUT2D eigenvalue weighted by Gasteiger charge is -2.33. The van der Waals surface area contributed by atoms with Crippen LogP contribution in [0.25, 0.3) is 11.1 Å². The maximum Gasteiger partial charge on any atom is 0.330 e. The molecule has 3 aromatic carbocycles. The number of hydrogen-bond donors (Lipinski definition) is 2. The van der Waals surface area contributed by atoms with Crippen LogP contribution in [0.1, 0.15) is 49.2 Å². The van der Waals surface area contributed by atoms with Crippen LogP contribution in [-0.4, -0.2) is 66.3 Å². The first-order chi connectivity index (χ1) is 20.9. The predicted molar refractivity (Wildman–Crippen MR) is 164 cm³/mol. The van der Waals surface area contributed by atoms with Gasteiger partial charge in [0.2, 0.25) is 0 Å². The molecule has 1 aliphatic carbocycles. The van der Waals surface area contributed by atoms with Crippen LogP contribution in [0.2, 0.25) is 0 Å². The van der Waals surface area contributed by atoms with Crippen LogP contribution in [-0.2, 0) is 34.0 Å². The molecule has 0 heterocycles. The van der Waals surface area contributed by atoms with Gasteiger partial charge < -0.3 is 24.6 Å². The Hall–Kier alpha value is -4.60. The summed E-state index contributed by atoms with van der Waals surface area (Å²) in [6, 6.07) is 22.1. The van der Waals surface area contributed by atoms with Crippen molar-refractivity contribution in [3.8, 4) is 11.1 Å². The minimum absolute atomic E-state index is 0.106. The quantitative estimate of drug-likeness (QED) is 0.163. The van der Waals surface area contributed by atoms with Crippen LogP contribution in [0.4, 0.5) is 0 Å². The first kappa shape index (κ1) is 32.3. The largest absolute Gasteiger partial charge is 0.480 e. The lowest BCUT2D eigenvalue weighted by atomic mass is 9.78. The smallest absolute Gasteiger partial charge is 0.330 e. The molecule has 0 aromatic heterocycles. The van der Waals surface area contributed by atoms with Crippen molar-refractivity contribution in [2.45, 2.75) is 50.9 Å². The molecular formula is C35H37NO8. The molecule has 0 fully saturated rings. The Labute approximate surface area is 256 Å². The third-order valence-electron chi connectivity index (χ3n) is 7.30. The van der Waals surface area contributed by atoms with E-state index in [0.29, 0.717) is 16.7 Å². The van der Waals surface area contributed by atoms with E-state index in [-0.39, 0.29) is 18.9 Å². The standard InChI is InChI=1S/C35H37NO8/c1-23(44-34(2,3)4)31(32(39)42-20-12-19-30(38)43-21-29(37)24-13-6-5-7-14-24)36-22-35(33(40)41)27-17-10-8-15-25(27)26-16-9-11-18-28(26)35/h5-19,23,31,36H,20-22H2,1-4H3,(H,40,41)/b19-12+/t23-,31+/m1/s1. The molecule has 0 saturated carbocycles. The van der Waals surface area contributed by atoms with Crippen molar-refractivity contribution >= 4 is 23.7 Å². The Morgan fingerprint density at radius 2 is 1.43 bits per heavy atom. The molecule has 1 aliphatic rings. The van der Waals surface area contributed by atoms with E-state index in [4.69, 9.17) is 14.2 Å². The highest BCUT2D eigenvalue weighted by Gasteiger charge is 2.50. The van der Waals surface area contributed by atoms with E-state index in [1.165, 1.54) is 6.08 Å². The fourth-order valence-electron chi connectivity index (χ4n) is 5.41. The van der Waals surface area contributed by atoms with Crippen molar-refractivity contribution in [2.75, 3.05) is 19.8 Å². The molecule has 2 N–H and O–H groups in total. The van der Waals surface area contributed by atoms with Crippen LogP contribution in [0, 0.1) is 0 Å². The molecule has 0 radical (unpaired) electrons. The van der Waals surface area contributed by atoms with E-state index in [0.717, 1.165) is 17.2 Å². The summed E-state index contributed by atoms with van der Waals surface area (Å²) in [6.07, 6.45) is 1.69. The topological polar surface area (TPSA) is 128 Å². The van der Waals surface area contributed by atoms with Crippen LogP contribution in [0.5, 0.6) is 0 Å². The number of aliphatic carboxylic acids is 1. The van der Waals surface area contributed by atoms with E-state index >= 15 is 0 Å². The summed E-state index contributed by atoms with van der Waals surface area (Å²) < 4.78 is 16.5. The third-order valence-corrected chi connectivity index (χ3v) is 7.30. The maximum absolute atomic E-state index is 13.4. The molecule has 0 aliphatic heterocycles. The van der Waals surface area contributed by atoms with Gasteiger partial charge in [0.05, 0.1) is 11.7 Å². The van der Waals surface area contributed by atoms with Crippen molar-refractivity contribution in [1.29, 1.82) is 0 Å². The minimum Gasteiger partial charge on any atom is -0.480 e. The Balaban J connectivity index is 1.45. The highest BCUT2D eigenvalue weighted by molar-refractivity contribution is 5.99. The fraction of sp³-hybridized carbons (Fsp3) is 0.314. The summed E-state index contributed by atoms with van der Waals surface area (Å²) >= 11 is 0. The van der Waals surface area contributed by atoms with Gasteiger partial charge in [0, 0.05) is 18.2 Å². The van der Waals surface area contributed by atoms with E-state index in [2.05, 4.69) is 5.32 Å². The van der Waals surface area contributed by atoms with E-state index in [1.807, 2.05) is 45.0 Å². The molecule has 4 rings (SSSR count). The van der Waals surface area contributed by atoms with Gasteiger partial charge in [0.25, 0.3) is 0 Å². The van der Waals surface area contributed by atoms with Gasteiger partial charge in [-0.05, 0) is 56.0 Å². The average Bonchev–Trinajstić information content (AvgIpc) is 3.28. The highest BCUT2D eigenvalue weighted by Crippen LogP contribution is 2.48. The molecule has 2 atom stereocenters. The van der Waals surface area contributed by atoms with Gasteiger partial charge >= 0.3 is 17.9 Å². The lowest BCUT2D eigenvalue weighted by molar-refractivity contribution is -0.154. The zero-order valence-electron chi connectivity index (χ0n) is 25.2. The number of carboxylic acid groups (broad SMARTS) is 1.